The van der Waals surface area contributed by atoms with Crippen molar-refractivity contribution in [3.63, 3.8) is 0 Å². The Labute approximate surface area is 190 Å². The van der Waals surface area contributed by atoms with Crippen molar-refractivity contribution in [2.24, 2.45) is 29.1 Å². The van der Waals surface area contributed by atoms with E-state index in [-0.39, 0.29) is 29.1 Å². The molecule has 2 amide bonds. The van der Waals surface area contributed by atoms with Gasteiger partial charge < -0.3 is 15.0 Å². The lowest BCUT2D eigenvalue weighted by molar-refractivity contribution is -0.147. The number of nitrogens with one attached hydrogen (secondary N) is 1. The van der Waals surface area contributed by atoms with Gasteiger partial charge in [-0.25, -0.2) is 0 Å². The number of ether oxygens (including phenoxy) is 1. The van der Waals surface area contributed by atoms with E-state index < -0.39 is 0 Å². The topological polar surface area (TPSA) is 75.7 Å². The minimum absolute atomic E-state index is 0.00234. The molecule has 6 nitrogen and oxygen atoms in total. The van der Waals surface area contributed by atoms with Crippen LogP contribution in [0.15, 0.2) is 24.3 Å². The van der Waals surface area contributed by atoms with Crippen molar-refractivity contribution >= 4 is 17.8 Å². The van der Waals surface area contributed by atoms with Gasteiger partial charge in [0, 0.05) is 30.6 Å². The fourth-order valence-corrected chi connectivity index (χ4v) is 7.19. The molecule has 1 aliphatic heterocycles. The minimum atomic E-state index is -0.183. The lowest BCUT2D eigenvalue weighted by Gasteiger charge is -2.55. The first-order valence-corrected chi connectivity index (χ1v) is 12.2. The van der Waals surface area contributed by atoms with Crippen molar-refractivity contribution in [1.82, 2.24) is 10.2 Å². The SMILES string of the molecule is COC(=O)C1CCN(C(=O)c2ccc(CNC(=O)C34CC5CC(CC(C5)C3)C4)cc2)CC1. The average molecular weight is 439 g/mol. The summed E-state index contributed by atoms with van der Waals surface area (Å²) in [6.07, 6.45) is 8.52. The summed E-state index contributed by atoms with van der Waals surface area (Å²) in [5.74, 6) is 2.23. The van der Waals surface area contributed by atoms with Crippen LogP contribution in [-0.2, 0) is 20.9 Å². The molecule has 5 aliphatic rings. The standard InChI is InChI=1S/C26H34N2O4/c1-32-24(30)22-6-8-28(9-7-22)23(29)21-4-2-17(3-5-21)16-27-25(31)26-13-18-10-19(14-26)12-20(11-18)15-26/h2-5,18-20,22H,6-16H2,1H3,(H,27,31). The van der Waals surface area contributed by atoms with Crippen molar-refractivity contribution < 1.29 is 19.1 Å². The maximum Gasteiger partial charge on any atom is 0.308 e. The summed E-state index contributed by atoms with van der Waals surface area (Å²) in [5.41, 5.74) is 1.54. The van der Waals surface area contributed by atoms with Crippen LogP contribution in [0.5, 0.6) is 0 Å². The molecular formula is C26H34N2O4. The highest BCUT2D eigenvalue weighted by Crippen LogP contribution is 2.60. The quantitative estimate of drug-likeness (QED) is 0.714. The molecule has 4 aliphatic carbocycles. The molecule has 1 aromatic carbocycles. The molecule has 1 aromatic rings. The molecule has 4 bridgehead atoms. The van der Waals surface area contributed by atoms with Gasteiger partial charge in [0.15, 0.2) is 0 Å². The zero-order valence-corrected chi connectivity index (χ0v) is 19.0. The van der Waals surface area contributed by atoms with Crippen LogP contribution in [0.1, 0.15) is 67.3 Å². The van der Waals surface area contributed by atoms with Crippen LogP contribution in [-0.4, -0.2) is 42.9 Å². The maximum atomic E-state index is 13.1. The van der Waals surface area contributed by atoms with E-state index in [9.17, 15) is 14.4 Å². The van der Waals surface area contributed by atoms with Gasteiger partial charge in [-0.15, -0.1) is 0 Å². The third kappa shape index (κ3) is 4.04. The monoisotopic (exact) mass is 438 g/mol. The van der Waals surface area contributed by atoms with Gasteiger partial charge in [-0.1, -0.05) is 12.1 Å². The second-order valence-electron chi connectivity index (χ2n) is 10.7. The third-order valence-electron chi connectivity index (χ3n) is 8.49. The summed E-state index contributed by atoms with van der Waals surface area (Å²) in [6, 6.07) is 7.57. The van der Waals surface area contributed by atoms with Gasteiger partial charge in [0.2, 0.25) is 5.91 Å². The predicted octanol–water partition coefficient (Wildman–Crippen LogP) is 3.54. The van der Waals surface area contributed by atoms with Gasteiger partial charge in [0.1, 0.15) is 0 Å². The lowest BCUT2D eigenvalue weighted by atomic mass is 9.49. The number of methoxy groups -OCH3 is 1. The number of benzene rings is 1. The Morgan fingerprint density at radius 1 is 0.969 bits per heavy atom. The fraction of sp³-hybridized carbons (Fsp3) is 0.654. The first-order valence-electron chi connectivity index (χ1n) is 12.2. The second-order valence-corrected chi connectivity index (χ2v) is 10.7. The molecule has 0 spiro atoms. The second kappa shape index (κ2) is 8.53. The molecule has 5 fully saturated rings. The Balaban J connectivity index is 1.14. The Bertz CT molecular complexity index is 850. The van der Waals surface area contributed by atoms with Crippen molar-refractivity contribution in [1.29, 1.82) is 0 Å². The molecule has 0 radical (unpaired) electrons. The molecule has 0 unspecified atom stereocenters. The summed E-state index contributed by atoms with van der Waals surface area (Å²) >= 11 is 0. The number of amides is 2. The first-order chi connectivity index (χ1) is 15.5. The van der Waals surface area contributed by atoms with Crippen LogP contribution in [0.2, 0.25) is 0 Å². The fourth-order valence-electron chi connectivity index (χ4n) is 7.19. The van der Waals surface area contributed by atoms with Crippen molar-refractivity contribution in [3.05, 3.63) is 35.4 Å². The molecule has 6 rings (SSSR count). The third-order valence-corrected chi connectivity index (χ3v) is 8.49. The highest BCUT2D eigenvalue weighted by Gasteiger charge is 2.54. The van der Waals surface area contributed by atoms with Gasteiger partial charge in [-0.05, 0) is 86.8 Å². The number of esters is 1. The Morgan fingerprint density at radius 3 is 2.06 bits per heavy atom. The van der Waals surface area contributed by atoms with Gasteiger partial charge in [0.05, 0.1) is 13.0 Å². The molecule has 4 saturated carbocycles. The van der Waals surface area contributed by atoms with E-state index in [0.717, 1.165) is 42.6 Å². The van der Waals surface area contributed by atoms with Crippen molar-refractivity contribution in [2.75, 3.05) is 20.2 Å². The Kier molecular flexibility index (Phi) is 5.72. The van der Waals surface area contributed by atoms with E-state index >= 15 is 0 Å². The van der Waals surface area contributed by atoms with Crippen molar-refractivity contribution in [3.8, 4) is 0 Å². The summed E-state index contributed by atoms with van der Waals surface area (Å²) in [6.45, 7) is 1.66. The van der Waals surface area contributed by atoms with Gasteiger partial charge in [0.25, 0.3) is 5.91 Å². The molecule has 1 heterocycles. The van der Waals surface area contributed by atoms with Gasteiger partial charge in [-0.3, -0.25) is 14.4 Å². The van der Waals surface area contributed by atoms with E-state index in [0.29, 0.717) is 38.0 Å². The van der Waals surface area contributed by atoms with Crippen LogP contribution in [0, 0.1) is 29.1 Å². The van der Waals surface area contributed by atoms with Crippen LogP contribution in [0.4, 0.5) is 0 Å². The van der Waals surface area contributed by atoms with E-state index in [2.05, 4.69) is 5.32 Å². The average Bonchev–Trinajstić information content (AvgIpc) is 2.81. The molecular weight excluding hydrogens is 404 g/mol. The van der Waals surface area contributed by atoms with Gasteiger partial charge in [-0.2, -0.15) is 0 Å². The van der Waals surface area contributed by atoms with Crippen molar-refractivity contribution in [2.45, 2.75) is 57.9 Å². The van der Waals surface area contributed by atoms with Crippen LogP contribution in [0.3, 0.4) is 0 Å². The largest absolute Gasteiger partial charge is 0.469 e. The molecule has 1 saturated heterocycles. The maximum absolute atomic E-state index is 13.1. The Hall–Kier alpha value is -2.37. The number of hydrogen-bond acceptors (Lipinski definition) is 4. The number of piperidine rings is 1. The van der Waals surface area contributed by atoms with E-state index in [1.54, 1.807) is 0 Å². The number of rotatable bonds is 5. The van der Waals surface area contributed by atoms with E-state index in [4.69, 9.17) is 4.74 Å². The summed E-state index contributed by atoms with van der Waals surface area (Å²) in [4.78, 5) is 39.5. The number of hydrogen-bond donors (Lipinski definition) is 1. The van der Waals surface area contributed by atoms with Gasteiger partial charge >= 0.3 is 5.97 Å². The smallest absolute Gasteiger partial charge is 0.308 e. The molecule has 172 valence electrons. The highest BCUT2D eigenvalue weighted by molar-refractivity contribution is 5.94. The molecule has 1 N–H and O–H groups in total. The van der Waals surface area contributed by atoms with Crippen LogP contribution in [0.25, 0.3) is 0 Å². The normalized spacial score (nSPS) is 31.4. The number of likely N-dealkylation sites (tertiary alicyclic amines) is 1. The zero-order valence-electron chi connectivity index (χ0n) is 19.0. The van der Waals surface area contributed by atoms with E-state index in [1.165, 1.54) is 26.4 Å². The van der Waals surface area contributed by atoms with Crippen LogP contribution < -0.4 is 5.32 Å². The summed E-state index contributed by atoms with van der Waals surface area (Å²) in [5, 5.41) is 3.21. The number of carbonyl (C=O) groups is 3. The minimum Gasteiger partial charge on any atom is -0.469 e. The molecule has 32 heavy (non-hydrogen) atoms. The number of carbonyl (C=O) groups excluding carboxylic acids is 3. The summed E-state index contributed by atoms with van der Waals surface area (Å²) < 4.78 is 4.82. The van der Waals surface area contributed by atoms with Crippen LogP contribution >= 0.6 is 0 Å². The predicted molar refractivity (Wildman–Crippen MR) is 120 cm³/mol. The zero-order chi connectivity index (χ0) is 22.3. The van der Waals surface area contributed by atoms with E-state index in [1.807, 2.05) is 29.2 Å². The molecule has 0 atom stereocenters. The number of nitrogens with zero attached hydrogens (tertiary/aromatic N) is 1. The first kappa shape index (κ1) is 21.5. The summed E-state index contributed by atoms with van der Waals surface area (Å²) in [7, 11) is 1.41. The molecule has 6 heteroatoms. The Morgan fingerprint density at radius 2 is 1.53 bits per heavy atom. The molecule has 0 aromatic heterocycles. The highest BCUT2D eigenvalue weighted by atomic mass is 16.5. The lowest BCUT2D eigenvalue weighted by Crippen LogP contribution is -2.53.